The molecular weight excluding hydrogens is 192 g/mol. The van der Waals surface area contributed by atoms with Crippen LogP contribution in [0.4, 0.5) is 0 Å². The summed E-state index contributed by atoms with van der Waals surface area (Å²) in [4.78, 5) is 15.4. The van der Waals surface area contributed by atoms with Crippen LogP contribution in [0.3, 0.4) is 0 Å². The van der Waals surface area contributed by atoms with E-state index in [4.69, 9.17) is 5.73 Å². The number of hydrogen-bond acceptors (Lipinski definition) is 4. The van der Waals surface area contributed by atoms with Crippen molar-refractivity contribution in [3.05, 3.63) is 29.6 Å². The molecule has 0 saturated carbocycles. The second kappa shape index (κ2) is 5.46. The van der Waals surface area contributed by atoms with E-state index in [9.17, 15) is 4.79 Å². The zero-order valence-corrected chi connectivity index (χ0v) is 9.06. The Labute approximate surface area is 89.5 Å². The zero-order chi connectivity index (χ0) is 11.3. The summed E-state index contributed by atoms with van der Waals surface area (Å²) >= 11 is 0. The molecule has 1 heterocycles. The van der Waals surface area contributed by atoms with Gasteiger partial charge >= 0.3 is 5.97 Å². The van der Waals surface area contributed by atoms with Crippen LogP contribution in [0.5, 0.6) is 0 Å². The molecule has 2 N–H and O–H groups in total. The molecule has 1 atom stereocenters. The van der Waals surface area contributed by atoms with Gasteiger partial charge in [0.2, 0.25) is 0 Å². The molecule has 1 aromatic rings. The zero-order valence-electron chi connectivity index (χ0n) is 9.06. The van der Waals surface area contributed by atoms with Crippen LogP contribution in [0.1, 0.15) is 11.1 Å². The predicted molar refractivity (Wildman–Crippen MR) is 57.2 cm³/mol. The van der Waals surface area contributed by atoms with Crippen molar-refractivity contribution < 1.29 is 9.53 Å². The minimum atomic E-state index is -0.280. The minimum absolute atomic E-state index is 0.263. The van der Waals surface area contributed by atoms with Gasteiger partial charge in [0.05, 0.1) is 13.0 Å². The number of nitrogens with zero attached hydrogens (tertiary/aromatic N) is 1. The number of esters is 1. The molecule has 1 rings (SSSR count). The van der Waals surface area contributed by atoms with Crippen molar-refractivity contribution in [2.75, 3.05) is 13.7 Å². The van der Waals surface area contributed by atoms with Gasteiger partial charge in [0.25, 0.3) is 0 Å². The molecule has 1 aromatic heterocycles. The van der Waals surface area contributed by atoms with Crippen LogP contribution in [0, 0.1) is 12.8 Å². The predicted octanol–water partition coefficient (Wildman–Crippen LogP) is 0.680. The van der Waals surface area contributed by atoms with Crippen LogP contribution in [0.15, 0.2) is 18.5 Å². The van der Waals surface area contributed by atoms with E-state index >= 15 is 0 Å². The fourth-order valence-corrected chi connectivity index (χ4v) is 1.41. The number of ether oxygens (including phenoxy) is 1. The van der Waals surface area contributed by atoms with Gasteiger partial charge < -0.3 is 10.5 Å². The molecule has 0 amide bonds. The molecular formula is C11H16N2O2. The molecule has 0 saturated heterocycles. The van der Waals surface area contributed by atoms with E-state index in [1.54, 1.807) is 12.4 Å². The van der Waals surface area contributed by atoms with Crippen molar-refractivity contribution >= 4 is 5.97 Å². The number of carbonyl (C=O) groups is 1. The Morgan fingerprint density at radius 2 is 2.40 bits per heavy atom. The highest BCUT2D eigenvalue weighted by atomic mass is 16.5. The third kappa shape index (κ3) is 3.02. The van der Waals surface area contributed by atoms with Gasteiger partial charge in [-0.25, -0.2) is 0 Å². The van der Waals surface area contributed by atoms with Gasteiger partial charge in [-0.1, -0.05) is 0 Å². The molecule has 0 spiro atoms. The summed E-state index contributed by atoms with van der Waals surface area (Å²) in [6, 6.07) is 1.92. The molecule has 0 fully saturated rings. The molecule has 4 heteroatoms. The van der Waals surface area contributed by atoms with E-state index in [0.29, 0.717) is 13.0 Å². The van der Waals surface area contributed by atoms with Crippen LogP contribution in [0.25, 0.3) is 0 Å². The number of aryl methyl sites for hydroxylation is 1. The normalized spacial score (nSPS) is 12.2. The first kappa shape index (κ1) is 11.7. The van der Waals surface area contributed by atoms with Gasteiger partial charge in [-0.05, 0) is 30.5 Å². The maximum atomic E-state index is 11.3. The second-order valence-corrected chi connectivity index (χ2v) is 3.46. The fourth-order valence-electron chi connectivity index (χ4n) is 1.41. The van der Waals surface area contributed by atoms with Crippen molar-refractivity contribution in [2.45, 2.75) is 13.3 Å². The standard InChI is InChI=1S/C11H16N2O2/c1-8-3-4-13-7-10(8)5-9(6-12)11(14)15-2/h3-4,7,9H,5-6,12H2,1-2H3. The molecule has 82 valence electrons. The lowest BCUT2D eigenvalue weighted by Crippen LogP contribution is -2.27. The van der Waals surface area contributed by atoms with Crippen molar-refractivity contribution in [1.82, 2.24) is 4.98 Å². The number of pyridine rings is 1. The lowest BCUT2D eigenvalue weighted by molar-refractivity contribution is -0.145. The molecule has 0 radical (unpaired) electrons. The van der Waals surface area contributed by atoms with E-state index in [0.717, 1.165) is 11.1 Å². The molecule has 1 unspecified atom stereocenters. The number of hydrogen-bond donors (Lipinski definition) is 1. The molecule has 0 bridgehead atoms. The van der Waals surface area contributed by atoms with Crippen LogP contribution in [-0.4, -0.2) is 24.6 Å². The van der Waals surface area contributed by atoms with Gasteiger partial charge in [-0.2, -0.15) is 0 Å². The first-order valence-corrected chi connectivity index (χ1v) is 4.86. The van der Waals surface area contributed by atoms with Crippen LogP contribution in [-0.2, 0) is 16.0 Å². The monoisotopic (exact) mass is 208 g/mol. The Morgan fingerprint density at radius 3 is 2.93 bits per heavy atom. The van der Waals surface area contributed by atoms with Crippen LogP contribution in [0.2, 0.25) is 0 Å². The third-order valence-electron chi connectivity index (χ3n) is 2.43. The highest BCUT2D eigenvalue weighted by Gasteiger charge is 2.18. The Morgan fingerprint density at radius 1 is 1.67 bits per heavy atom. The summed E-state index contributed by atoms with van der Waals surface area (Å²) in [5.74, 6) is -0.543. The van der Waals surface area contributed by atoms with Gasteiger partial charge in [0.15, 0.2) is 0 Å². The van der Waals surface area contributed by atoms with E-state index in [2.05, 4.69) is 9.72 Å². The number of aromatic nitrogens is 1. The van der Waals surface area contributed by atoms with E-state index in [-0.39, 0.29) is 11.9 Å². The summed E-state index contributed by atoms with van der Waals surface area (Å²) in [5.41, 5.74) is 7.68. The average Bonchev–Trinajstić information content (AvgIpc) is 2.27. The second-order valence-electron chi connectivity index (χ2n) is 3.46. The van der Waals surface area contributed by atoms with Crippen molar-refractivity contribution in [2.24, 2.45) is 11.7 Å². The molecule has 4 nitrogen and oxygen atoms in total. The maximum absolute atomic E-state index is 11.3. The first-order chi connectivity index (χ1) is 7.19. The summed E-state index contributed by atoms with van der Waals surface area (Å²) in [7, 11) is 1.38. The van der Waals surface area contributed by atoms with Crippen LogP contribution < -0.4 is 5.73 Å². The topological polar surface area (TPSA) is 65.2 Å². The molecule has 15 heavy (non-hydrogen) atoms. The number of nitrogens with two attached hydrogens (primary N) is 1. The smallest absolute Gasteiger partial charge is 0.310 e. The number of methoxy groups -OCH3 is 1. The van der Waals surface area contributed by atoms with Crippen molar-refractivity contribution in [3.8, 4) is 0 Å². The Bertz CT molecular complexity index is 339. The van der Waals surface area contributed by atoms with E-state index in [1.807, 2.05) is 13.0 Å². The molecule has 0 aliphatic rings. The Balaban J connectivity index is 2.75. The van der Waals surface area contributed by atoms with Crippen LogP contribution >= 0.6 is 0 Å². The lowest BCUT2D eigenvalue weighted by Gasteiger charge is -2.13. The number of rotatable bonds is 4. The maximum Gasteiger partial charge on any atom is 0.310 e. The molecule has 0 aliphatic carbocycles. The van der Waals surface area contributed by atoms with Gasteiger partial charge in [0, 0.05) is 18.9 Å². The van der Waals surface area contributed by atoms with Crippen molar-refractivity contribution in [3.63, 3.8) is 0 Å². The highest BCUT2D eigenvalue weighted by Crippen LogP contribution is 2.12. The minimum Gasteiger partial charge on any atom is -0.469 e. The summed E-state index contributed by atoms with van der Waals surface area (Å²) in [6.45, 7) is 2.28. The molecule has 0 aliphatic heterocycles. The number of carbonyl (C=O) groups excluding carboxylic acids is 1. The fraction of sp³-hybridized carbons (Fsp3) is 0.455. The van der Waals surface area contributed by atoms with E-state index < -0.39 is 0 Å². The SMILES string of the molecule is COC(=O)C(CN)Cc1cnccc1C. The third-order valence-corrected chi connectivity index (χ3v) is 2.43. The summed E-state index contributed by atoms with van der Waals surface area (Å²) in [5, 5.41) is 0. The summed E-state index contributed by atoms with van der Waals surface area (Å²) < 4.78 is 4.68. The first-order valence-electron chi connectivity index (χ1n) is 4.86. The Hall–Kier alpha value is -1.42. The quantitative estimate of drug-likeness (QED) is 0.739. The van der Waals surface area contributed by atoms with E-state index in [1.165, 1.54) is 7.11 Å². The average molecular weight is 208 g/mol. The largest absolute Gasteiger partial charge is 0.469 e. The summed E-state index contributed by atoms with van der Waals surface area (Å²) in [6.07, 6.45) is 4.08. The van der Waals surface area contributed by atoms with Crippen molar-refractivity contribution in [1.29, 1.82) is 0 Å². The Kier molecular flexibility index (Phi) is 4.24. The van der Waals surface area contributed by atoms with Gasteiger partial charge in [-0.15, -0.1) is 0 Å². The lowest BCUT2D eigenvalue weighted by atomic mass is 9.98. The molecule has 0 aromatic carbocycles. The highest BCUT2D eigenvalue weighted by molar-refractivity contribution is 5.73. The van der Waals surface area contributed by atoms with Gasteiger partial charge in [-0.3, -0.25) is 9.78 Å². The van der Waals surface area contributed by atoms with Gasteiger partial charge in [0.1, 0.15) is 0 Å².